The van der Waals surface area contributed by atoms with Gasteiger partial charge in [0.1, 0.15) is 11.7 Å². The Hall–Kier alpha value is -2.86. The predicted octanol–water partition coefficient (Wildman–Crippen LogP) is 2.79. The van der Waals surface area contributed by atoms with E-state index in [1.54, 1.807) is 7.11 Å². The quantitative estimate of drug-likeness (QED) is 0.711. The fraction of sp³-hybridized carbons (Fsp3) is 0.417. The molecule has 2 aromatic carbocycles. The lowest BCUT2D eigenvalue weighted by Crippen LogP contribution is -2.98. The van der Waals surface area contributed by atoms with E-state index in [9.17, 15) is 9.59 Å². The number of nitrogens with two attached hydrogens (primary N) is 1. The molecule has 4 rings (SSSR count). The molecule has 158 valence electrons. The van der Waals surface area contributed by atoms with Gasteiger partial charge in [-0.2, -0.15) is 0 Å². The molecular weight excluding hydrogens is 378 g/mol. The number of methoxy groups -OCH3 is 1. The molecular formula is C24H30N3O3+. The highest BCUT2D eigenvalue weighted by molar-refractivity contribution is 6.09. The summed E-state index contributed by atoms with van der Waals surface area (Å²) in [6.07, 6.45) is 1.63. The lowest BCUT2D eigenvalue weighted by atomic mass is 9.79. The molecule has 3 atom stereocenters. The maximum absolute atomic E-state index is 13.5. The standard InChI is InChI=1S/C24H29N3O3/c1-14(2)12-17-13-20(22(28)25-16-8-10-18(30-4)11-9-16)24(27-17)19-7-5-6-15(3)21(19)26-23(24)29/h5-11,14,17,20,27H,12-13H2,1-4H3,(H,25,28)(H,26,29)/p+1/t17-,20+,24-/m0/s1. The zero-order valence-electron chi connectivity index (χ0n) is 18.0. The van der Waals surface area contributed by atoms with E-state index in [0.29, 0.717) is 18.0 Å². The second-order valence-electron chi connectivity index (χ2n) is 8.88. The molecule has 30 heavy (non-hydrogen) atoms. The van der Waals surface area contributed by atoms with Crippen molar-refractivity contribution in [3.8, 4) is 5.75 Å². The molecule has 2 aliphatic heterocycles. The topological polar surface area (TPSA) is 84.0 Å². The molecule has 0 aromatic heterocycles. The van der Waals surface area contributed by atoms with E-state index in [0.717, 1.165) is 29.0 Å². The van der Waals surface area contributed by atoms with E-state index in [4.69, 9.17) is 4.74 Å². The summed E-state index contributed by atoms with van der Waals surface area (Å²) in [6, 6.07) is 13.4. The van der Waals surface area contributed by atoms with Crippen molar-refractivity contribution in [3.63, 3.8) is 0 Å². The molecule has 6 heteroatoms. The highest BCUT2D eigenvalue weighted by atomic mass is 16.5. The van der Waals surface area contributed by atoms with Gasteiger partial charge in [0.05, 0.1) is 18.8 Å². The fourth-order valence-electron chi connectivity index (χ4n) is 5.06. The Morgan fingerprint density at radius 2 is 2.00 bits per heavy atom. The highest BCUT2D eigenvalue weighted by Crippen LogP contribution is 2.45. The van der Waals surface area contributed by atoms with Crippen LogP contribution >= 0.6 is 0 Å². The lowest BCUT2D eigenvalue weighted by Gasteiger charge is -2.26. The van der Waals surface area contributed by atoms with Crippen LogP contribution in [-0.4, -0.2) is 25.0 Å². The molecule has 1 saturated heterocycles. The monoisotopic (exact) mass is 408 g/mol. The third-order valence-corrected chi connectivity index (χ3v) is 6.37. The lowest BCUT2D eigenvalue weighted by molar-refractivity contribution is -0.733. The Labute approximate surface area is 177 Å². The molecule has 0 unspecified atom stereocenters. The molecule has 0 bridgehead atoms. The van der Waals surface area contributed by atoms with Gasteiger partial charge in [-0.3, -0.25) is 9.59 Å². The van der Waals surface area contributed by atoms with E-state index >= 15 is 0 Å². The van der Waals surface area contributed by atoms with Gasteiger partial charge in [0, 0.05) is 24.1 Å². The van der Waals surface area contributed by atoms with Crippen LogP contribution in [0.2, 0.25) is 0 Å². The number of fused-ring (bicyclic) bond motifs is 2. The Kier molecular flexibility index (Phi) is 5.28. The van der Waals surface area contributed by atoms with Crippen LogP contribution in [0.1, 0.15) is 37.8 Å². The molecule has 2 aromatic rings. The van der Waals surface area contributed by atoms with Gasteiger partial charge in [0.15, 0.2) is 0 Å². The number of para-hydroxylation sites is 1. The van der Waals surface area contributed by atoms with Crippen molar-refractivity contribution in [2.24, 2.45) is 11.8 Å². The maximum Gasteiger partial charge on any atom is 0.291 e. The zero-order chi connectivity index (χ0) is 21.5. The van der Waals surface area contributed by atoms with Crippen molar-refractivity contribution < 1.29 is 19.6 Å². The Balaban J connectivity index is 1.70. The van der Waals surface area contributed by atoms with E-state index in [1.165, 1.54) is 0 Å². The molecule has 0 aliphatic carbocycles. The van der Waals surface area contributed by atoms with Crippen LogP contribution < -0.4 is 20.7 Å². The van der Waals surface area contributed by atoms with Crippen LogP contribution in [-0.2, 0) is 15.1 Å². The number of aryl methyl sites for hydroxylation is 1. The van der Waals surface area contributed by atoms with Gasteiger partial charge < -0.3 is 20.7 Å². The maximum atomic E-state index is 13.5. The third-order valence-electron chi connectivity index (χ3n) is 6.37. The van der Waals surface area contributed by atoms with Gasteiger partial charge >= 0.3 is 0 Å². The number of quaternary nitrogens is 1. The Morgan fingerprint density at radius 1 is 1.27 bits per heavy atom. The molecule has 1 spiro atoms. The van der Waals surface area contributed by atoms with Crippen molar-refractivity contribution in [2.45, 2.75) is 45.2 Å². The molecule has 0 saturated carbocycles. The van der Waals surface area contributed by atoms with Crippen LogP contribution in [0, 0.1) is 18.8 Å². The molecule has 2 heterocycles. The summed E-state index contributed by atoms with van der Waals surface area (Å²) >= 11 is 0. The molecule has 6 nitrogen and oxygen atoms in total. The number of hydrogen-bond acceptors (Lipinski definition) is 3. The van der Waals surface area contributed by atoms with Gasteiger partial charge in [-0.15, -0.1) is 0 Å². The van der Waals surface area contributed by atoms with E-state index in [-0.39, 0.29) is 17.9 Å². The number of carbonyl (C=O) groups is 2. The average Bonchev–Trinajstić information content (AvgIpc) is 3.22. The van der Waals surface area contributed by atoms with Crippen LogP contribution in [0.3, 0.4) is 0 Å². The minimum atomic E-state index is -0.919. The smallest absolute Gasteiger partial charge is 0.291 e. The van der Waals surface area contributed by atoms with E-state index < -0.39 is 11.5 Å². The Bertz CT molecular complexity index is 970. The van der Waals surface area contributed by atoms with Crippen LogP contribution in [0.4, 0.5) is 11.4 Å². The molecule has 4 N–H and O–H groups in total. The van der Waals surface area contributed by atoms with Crippen LogP contribution in [0.5, 0.6) is 5.75 Å². The van der Waals surface area contributed by atoms with Gasteiger partial charge in [0.25, 0.3) is 5.91 Å². The normalized spacial score (nSPS) is 24.8. The SMILES string of the molecule is COc1ccc(NC(=O)[C@H]2C[C@H](CC(C)C)[NH2+][C@]23C(=O)Nc2c(C)cccc23)cc1. The summed E-state index contributed by atoms with van der Waals surface area (Å²) in [7, 11) is 1.61. The molecule has 2 amide bonds. The first-order valence-corrected chi connectivity index (χ1v) is 10.6. The molecule has 1 fully saturated rings. The first-order chi connectivity index (χ1) is 14.3. The van der Waals surface area contributed by atoms with Crippen LogP contribution in [0.15, 0.2) is 42.5 Å². The van der Waals surface area contributed by atoms with Crippen LogP contribution in [0.25, 0.3) is 0 Å². The first kappa shape index (κ1) is 20.4. The summed E-state index contributed by atoms with van der Waals surface area (Å²) in [5.41, 5.74) is 2.58. The number of rotatable bonds is 5. The number of ether oxygens (including phenoxy) is 1. The summed E-state index contributed by atoms with van der Waals surface area (Å²) in [6.45, 7) is 6.35. The first-order valence-electron chi connectivity index (χ1n) is 10.6. The van der Waals surface area contributed by atoms with E-state index in [1.807, 2.05) is 49.4 Å². The number of benzene rings is 2. The largest absolute Gasteiger partial charge is 0.497 e. The Morgan fingerprint density at radius 3 is 2.67 bits per heavy atom. The predicted molar refractivity (Wildman–Crippen MR) is 116 cm³/mol. The molecule has 2 aliphatic rings. The number of carbonyl (C=O) groups excluding carboxylic acids is 2. The van der Waals surface area contributed by atoms with E-state index in [2.05, 4.69) is 29.8 Å². The summed E-state index contributed by atoms with van der Waals surface area (Å²) < 4.78 is 5.19. The van der Waals surface area contributed by atoms with Crippen molar-refractivity contribution in [3.05, 3.63) is 53.6 Å². The summed E-state index contributed by atoms with van der Waals surface area (Å²) in [5.74, 6) is 0.565. The highest BCUT2D eigenvalue weighted by Gasteiger charge is 2.64. The van der Waals surface area contributed by atoms with Gasteiger partial charge in [-0.05, 0) is 42.7 Å². The second-order valence-corrected chi connectivity index (χ2v) is 8.88. The minimum Gasteiger partial charge on any atom is -0.497 e. The number of nitrogens with one attached hydrogen (secondary N) is 2. The minimum absolute atomic E-state index is 0.0899. The fourth-order valence-corrected chi connectivity index (χ4v) is 5.06. The van der Waals surface area contributed by atoms with Crippen molar-refractivity contribution in [2.75, 3.05) is 17.7 Å². The van der Waals surface area contributed by atoms with Crippen molar-refractivity contribution >= 4 is 23.2 Å². The number of amides is 2. The summed E-state index contributed by atoms with van der Waals surface area (Å²) in [4.78, 5) is 26.8. The third kappa shape index (κ3) is 3.35. The van der Waals surface area contributed by atoms with Gasteiger partial charge in [-0.25, -0.2) is 0 Å². The van der Waals surface area contributed by atoms with Gasteiger partial charge in [0.2, 0.25) is 11.4 Å². The number of anilines is 2. The second kappa shape index (κ2) is 7.76. The number of hydrogen-bond donors (Lipinski definition) is 3. The molecule has 0 radical (unpaired) electrons. The zero-order valence-corrected chi connectivity index (χ0v) is 18.0. The van der Waals surface area contributed by atoms with Crippen molar-refractivity contribution in [1.29, 1.82) is 0 Å². The van der Waals surface area contributed by atoms with Crippen molar-refractivity contribution in [1.82, 2.24) is 0 Å². The summed E-state index contributed by atoms with van der Waals surface area (Å²) in [5, 5.41) is 8.25. The van der Waals surface area contributed by atoms with Gasteiger partial charge in [-0.1, -0.05) is 32.0 Å². The average molecular weight is 409 g/mol.